The summed E-state index contributed by atoms with van der Waals surface area (Å²) < 4.78 is 28.1. The molecule has 3 atom stereocenters. The van der Waals surface area contributed by atoms with Crippen LogP contribution in [0.5, 0.6) is 5.88 Å². The number of piperidine rings is 1. The zero-order chi connectivity index (χ0) is 21.5. The molecule has 2 aromatic rings. The van der Waals surface area contributed by atoms with Crippen LogP contribution in [-0.2, 0) is 4.74 Å². The maximum absolute atomic E-state index is 15.0. The second-order valence-electron chi connectivity index (χ2n) is 8.47. The molecule has 2 fully saturated rings. The van der Waals surface area contributed by atoms with Crippen molar-refractivity contribution in [2.24, 2.45) is 0 Å². The van der Waals surface area contributed by atoms with E-state index in [4.69, 9.17) is 21.1 Å². The van der Waals surface area contributed by atoms with Crippen molar-refractivity contribution in [2.75, 3.05) is 43.5 Å². The maximum atomic E-state index is 15.0. The molecule has 0 aromatic carbocycles. The molecule has 0 spiro atoms. The summed E-state index contributed by atoms with van der Waals surface area (Å²) in [5.41, 5.74) is 1.44. The Morgan fingerprint density at radius 3 is 2.90 bits per heavy atom. The van der Waals surface area contributed by atoms with E-state index < -0.39 is 6.17 Å². The third-order valence-corrected chi connectivity index (χ3v) is 6.53. The van der Waals surface area contributed by atoms with E-state index in [1.807, 2.05) is 13.8 Å². The van der Waals surface area contributed by atoms with Gasteiger partial charge in [-0.2, -0.15) is 4.98 Å². The summed E-state index contributed by atoms with van der Waals surface area (Å²) in [5.74, 6) is 1.37. The quantitative estimate of drug-likeness (QED) is 0.720. The Bertz CT molecular complexity index is 954. The first-order valence-corrected chi connectivity index (χ1v) is 11.1. The van der Waals surface area contributed by atoms with Crippen molar-refractivity contribution < 1.29 is 13.9 Å². The van der Waals surface area contributed by atoms with Crippen molar-refractivity contribution in [3.63, 3.8) is 0 Å². The molecule has 2 bridgehead atoms. The first-order valence-electron chi connectivity index (χ1n) is 10.7. The number of anilines is 3. The van der Waals surface area contributed by atoms with Crippen LogP contribution in [0.25, 0.3) is 0 Å². The summed E-state index contributed by atoms with van der Waals surface area (Å²) >= 11 is 6.25. The molecule has 0 amide bonds. The van der Waals surface area contributed by atoms with Crippen molar-refractivity contribution >= 4 is 29.1 Å². The fourth-order valence-corrected chi connectivity index (χ4v) is 4.41. The first-order chi connectivity index (χ1) is 15.0. The zero-order valence-corrected chi connectivity index (χ0v) is 18.4. The highest BCUT2D eigenvalue weighted by Gasteiger charge is 2.38. The van der Waals surface area contributed by atoms with Crippen LogP contribution in [-0.4, -0.2) is 75.8 Å². The number of nitrogens with zero attached hydrogens (tertiary/aromatic N) is 5. The van der Waals surface area contributed by atoms with Gasteiger partial charge in [-0.15, -0.1) is 5.10 Å². The SMILES string of the molecule is Cc1c2c(nn1C1CN(C3COC3)CCC1F)OCC[C@@H](C)Nc1nc(ncc1Cl)N2. The van der Waals surface area contributed by atoms with Gasteiger partial charge in [-0.3, -0.25) is 9.58 Å². The molecule has 2 aromatic heterocycles. The predicted octanol–water partition coefficient (Wildman–Crippen LogP) is 2.95. The van der Waals surface area contributed by atoms with Gasteiger partial charge < -0.3 is 20.1 Å². The van der Waals surface area contributed by atoms with E-state index in [1.165, 1.54) is 0 Å². The number of halogens is 2. The normalized spacial score (nSPS) is 27.2. The van der Waals surface area contributed by atoms with E-state index in [-0.39, 0.29) is 12.1 Å². The fraction of sp³-hybridized carbons (Fsp3) is 0.650. The molecule has 0 radical (unpaired) electrons. The molecule has 0 saturated carbocycles. The van der Waals surface area contributed by atoms with Crippen molar-refractivity contribution in [1.29, 1.82) is 0 Å². The van der Waals surface area contributed by atoms with Gasteiger partial charge in [0.2, 0.25) is 5.95 Å². The highest BCUT2D eigenvalue weighted by molar-refractivity contribution is 6.32. The molecule has 2 N–H and O–H groups in total. The molecule has 3 aliphatic rings. The van der Waals surface area contributed by atoms with Crippen molar-refractivity contribution in [3.05, 3.63) is 16.9 Å². The lowest BCUT2D eigenvalue weighted by Gasteiger charge is -2.43. The highest BCUT2D eigenvalue weighted by atomic mass is 35.5. The van der Waals surface area contributed by atoms with Gasteiger partial charge in [-0.25, -0.2) is 9.37 Å². The number of hydrogen-bond donors (Lipinski definition) is 2. The maximum Gasteiger partial charge on any atom is 0.257 e. The summed E-state index contributed by atoms with van der Waals surface area (Å²) in [6.07, 6.45) is 1.79. The average molecular weight is 452 g/mol. The number of ether oxygens (including phenoxy) is 2. The third kappa shape index (κ3) is 4.04. The minimum Gasteiger partial charge on any atom is -0.475 e. The number of nitrogens with one attached hydrogen (secondary N) is 2. The van der Waals surface area contributed by atoms with Crippen LogP contribution in [0.1, 0.15) is 31.5 Å². The molecule has 11 heteroatoms. The van der Waals surface area contributed by atoms with E-state index in [0.29, 0.717) is 67.2 Å². The van der Waals surface area contributed by atoms with Crippen LogP contribution in [0.2, 0.25) is 5.02 Å². The van der Waals surface area contributed by atoms with E-state index in [2.05, 4.69) is 30.6 Å². The van der Waals surface area contributed by atoms with Crippen LogP contribution in [0, 0.1) is 6.92 Å². The van der Waals surface area contributed by atoms with E-state index in [0.717, 1.165) is 18.7 Å². The van der Waals surface area contributed by atoms with E-state index >= 15 is 4.39 Å². The summed E-state index contributed by atoms with van der Waals surface area (Å²) in [4.78, 5) is 11.1. The van der Waals surface area contributed by atoms with E-state index in [1.54, 1.807) is 10.9 Å². The molecule has 31 heavy (non-hydrogen) atoms. The lowest BCUT2D eigenvalue weighted by molar-refractivity contribution is -0.0840. The Morgan fingerprint density at radius 1 is 1.29 bits per heavy atom. The number of likely N-dealkylation sites (tertiary alicyclic amines) is 1. The van der Waals surface area contributed by atoms with Crippen LogP contribution in [0.3, 0.4) is 0 Å². The monoisotopic (exact) mass is 451 g/mol. The van der Waals surface area contributed by atoms with Gasteiger partial charge in [-0.1, -0.05) is 11.6 Å². The van der Waals surface area contributed by atoms with Crippen LogP contribution >= 0.6 is 11.6 Å². The molecule has 0 aliphatic carbocycles. The van der Waals surface area contributed by atoms with Gasteiger partial charge >= 0.3 is 0 Å². The van der Waals surface area contributed by atoms with Crippen molar-refractivity contribution in [1.82, 2.24) is 24.6 Å². The Morgan fingerprint density at radius 2 is 2.13 bits per heavy atom. The summed E-state index contributed by atoms with van der Waals surface area (Å²) in [6, 6.07) is 0.0752. The number of fused-ring (bicyclic) bond motifs is 3. The second kappa shape index (κ2) is 8.40. The summed E-state index contributed by atoms with van der Waals surface area (Å²) in [7, 11) is 0. The molecule has 9 nitrogen and oxygen atoms in total. The standard InChI is InChI=1S/C20H27ClFN7O2/c1-11-4-6-31-19-17(25-20-23-7-14(21)18(24-11)26-20)12(2)29(27-19)16-8-28(5-3-15(16)22)13-9-30-10-13/h7,11,13,15-16H,3-6,8-10H2,1-2H3,(H2,23,24,25,26)/t11-,15?,16?/m1/s1. The number of rotatable bonds is 2. The Kier molecular flexibility index (Phi) is 5.61. The summed E-state index contributed by atoms with van der Waals surface area (Å²) in [5, 5.41) is 11.6. The van der Waals surface area contributed by atoms with Crippen LogP contribution in [0.4, 0.5) is 21.8 Å². The highest BCUT2D eigenvalue weighted by Crippen LogP contribution is 2.36. The van der Waals surface area contributed by atoms with Crippen LogP contribution in [0.15, 0.2) is 6.20 Å². The average Bonchev–Trinajstić information content (AvgIpc) is 2.99. The molecular weight excluding hydrogens is 425 g/mol. The third-order valence-electron chi connectivity index (χ3n) is 6.25. The first kappa shape index (κ1) is 20.7. The smallest absolute Gasteiger partial charge is 0.257 e. The molecule has 5 rings (SSSR count). The second-order valence-corrected chi connectivity index (χ2v) is 8.87. The molecular formula is C20H27ClFN7O2. The molecule has 2 unspecified atom stereocenters. The lowest BCUT2D eigenvalue weighted by atomic mass is 10.0. The Labute approximate surface area is 185 Å². The predicted molar refractivity (Wildman–Crippen MR) is 115 cm³/mol. The van der Waals surface area contributed by atoms with Gasteiger partial charge in [0.05, 0.1) is 43.8 Å². The van der Waals surface area contributed by atoms with Gasteiger partial charge in [0.1, 0.15) is 16.9 Å². The minimum absolute atomic E-state index is 0.0943. The van der Waals surface area contributed by atoms with Crippen molar-refractivity contribution in [2.45, 2.75) is 51.0 Å². The lowest BCUT2D eigenvalue weighted by Crippen LogP contribution is -2.55. The topological polar surface area (TPSA) is 89.4 Å². The van der Waals surface area contributed by atoms with Gasteiger partial charge in [0, 0.05) is 25.6 Å². The van der Waals surface area contributed by atoms with Crippen LogP contribution < -0.4 is 15.4 Å². The molecule has 3 aliphatic heterocycles. The minimum atomic E-state index is -0.974. The molecule has 5 heterocycles. The van der Waals surface area contributed by atoms with Gasteiger partial charge in [0.15, 0.2) is 5.82 Å². The number of alkyl halides is 1. The fourth-order valence-electron chi connectivity index (χ4n) is 4.26. The Balaban J connectivity index is 1.48. The van der Waals surface area contributed by atoms with Crippen molar-refractivity contribution in [3.8, 4) is 5.88 Å². The van der Waals surface area contributed by atoms with E-state index in [9.17, 15) is 0 Å². The van der Waals surface area contributed by atoms with Gasteiger partial charge in [0.25, 0.3) is 5.88 Å². The zero-order valence-electron chi connectivity index (χ0n) is 17.6. The molecule has 2 saturated heterocycles. The molecule has 168 valence electrons. The largest absolute Gasteiger partial charge is 0.475 e. The summed E-state index contributed by atoms with van der Waals surface area (Å²) in [6.45, 7) is 7.17. The Hall–Kier alpha value is -2.17. The number of hydrogen-bond acceptors (Lipinski definition) is 8. The number of aromatic nitrogens is 4. The van der Waals surface area contributed by atoms with Gasteiger partial charge in [-0.05, 0) is 20.3 Å².